The van der Waals surface area contributed by atoms with E-state index in [1.54, 1.807) is 31.4 Å². The zero-order valence-corrected chi connectivity index (χ0v) is 22.3. The zero-order valence-electron chi connectivity index (χ0n) is 19.1. The van der Waals surface area contributed by atoms with Crippen LogP contribution in [-0.4, -0.2) is 63.1 Å². The predicted octanol–water partition coefficient (Wildman–Crippen LogP) is 3.38. The number of esters is 1. The topological polar surface area (TPSA) is 107 Å². The summed E-state index contributed by atoms with van der Waals surface area (Å²) >= 11 is 8.23. The molecule has 0 spiro atoms. The van der Waals surface area contributed by atoms with E-state index in [4.69, 9.17) is 21.1 Å². The second-order valence-electron chi connectivity index (χ2n) is 7.89. The lowest BCUT2D eigenvalue weighted by Crippen LogP contribution is -2.40. The molecule has 1 saturated heterocycles. The molecule has 4 rings (SSSR count). The van der Waals surface area contributed by atoms with Gasteiger partial charge in [-0.15, -0.1) is 11.3 Å². The first-order valence-electron chi connectivity index (χ1n) is 10.8. The molecule has 1 fully saturated rings. The molecule has 0 bridgehead atoms. The number of hydrogen-bond acceptors (Lipinski definition) is 8. The van der Waals surface area contributed by atoms with Gasteiger partial charge in [-0.25, -0.2) is 13.2 Å². The van der Waals surface area contributed by atoms with Gasteiger partial charge in [0.25, 0.3) is 15.9 Å². The van der Waals surface area contributed by atoms with Crippen molar-refractivity contribution in [3.63, 3.8) is 0 Å². The third-order valence-electron chi connectivity index (χ3n) is 5.77. The van der Waals surface area contributed by atoms with E-state index in [-0.39, 0.29) is 29.1 Å². The smallest absolute Gasteiger partial charge is 0.337 e. The van der Waals surface area contributed by atoms with Gasteiger partial charge in [0.05, 0.1) is 33.8 Å². The molecule has 9 nitrogen and oxygen atoms in total. The average molecular weight is 558 g/mol. The number of methoxy groups -OCH3 is 2. The van der Waals surface area contributed by atoms with Crippen LogP contribution < -0.4 is 4.80 Å². The summed E-state index contributed by atoms with van der Waals surface area (Å²) < 4.78 is 40.4. The lowest BCUT2D eigenvalue weighted by Gasteiger charge is -2.29. The molecule has 3 heterocycles. The molecule has 2 aromatic heterocycles. The standard InChI is InChI=1S/C22H24ClN3O6S3/c1-31-12-11-26-16-4-3-15(21(28)32-2)13-17(16)33-22(26)24-20(27)14-7-9-25(10-8-14)35(29,30)19-6-5-18(23)34-19/h3-6,13-14H,7-12H2,1-2H3. The second-order valence-corrected chi connectivity index (χ2v) is 12.8. The molecule has 1 aliphatic heterocycles. The van der Waals surface area contributed by atoms with Crippen LogP contribution in [-0.2, 0) is 30.8 Å². The number of carbonyl (C=O) groups is 2. The molecule has 13 heteroatoms. The van der Waals surface area contributed by atoms with Crippen LogP contribution in [0.3, 0.4) is 0 Å². The van der Waals surface area contributed by atoms with Gasteiger partial charge in [-0.1, -0.05) is 22.9 Å². The van der Waals surface area contributed by atoms with Crippen LogP contribution in [0, 0.1) is 5.92 Å². The lowest BCUT2D eigenvalue weighted by molar-refractivity contribution is -0.122. The second kappa shape index (κ2) is 10.9. The molecular formula is C22H24ClN3O6S3. The van der Waals surface area contributed by atoms with Crippen molar-refractivity contribution in [2.75, 3.05) is 33.9 Å². The first-order chi connectivity index (χ1) is 16.7. The van der Waals surface area contributed by atoms with Crippen LogP contribution in [0.25, 0.3) is 10.2 Å². The van der Waals surface area contributed by atoms with Crippen molar-refractivity contribution in [2.24, 2.45) is 10.9 Å². The van der Waals surface area contributed by atoms with E-state index < -0.39 is 16.0 Å². The van der Waals surface area contributed by atoms with Crippen molar-refractivity contribution in [1.29, 1.82) is 0 Å². The summed E-state index contributed by atoms with van der Waals surface area (Å²) in [6.45, 7) is 1.39. The minimum Gasteiger partial charge on any atom is -0.465 e. The van der Waals surface area contributed by atoms with Gasteiger partial charge >= 0.3 is 5.97 Å². The van der Waals surface area contributed by atoms with Crippen molar-refractivity contribution in [1.82, 2.24) is 8.87 Å². The number of amides is 1. The Kier molecular flexibility index (Phi) is 8.09. The number of carbonyl (C=O) groups excluding carboxylic acids is 2. The third-order valence-corrected chi connectivity index (χ3v) is 10.4. The number of nitrogens with zero attached hydrogens (tertiary/aromatic N) is 3. The van der Waals surface area contributed by atoms with Gasteiger partial charge in [-0.2, -0.15) is 9.30 Å². The lowest BCUT2D eigenvalue weighted by atomic mass is 9.98. The predicted molar refractivity (Wildman–Crippen MR) is 134 cm³/mol. The molecule has 1 aromatic carbocycles. The van der Waals surface area contributed by atoms with E-state index in [0.29, 0.717) is 40.7 Å². The highest BCUT2D eigenvalue weighted by Gasteiger charge is 2.33. The maximum Gasteiger partial charge on any atom is 0.337 e. The molecule has 0 radical (unpaired) electrons. The third kappa shape index (κ3) is 5.52. The first-order valence-corrected chi connectivity index (χ1v) is 14.2. The quantitative estimate of drug-likeness (QED) is 0.412. The van der Waals surface area contributed by atoms with Crippen LogP contribution >= 0.6 is 34.3 Å². The van der Waals surface area contributed by atoms with Gasteiger partial charge in [-0.3, -0.25) is 4.79 Å². The van der Waals surface area contributed by atoms with Gasteiger partial charge in [0.2, 0.25) is 0 Å². The van der Waals surface area contributed by atoms with Gasteiger partial charge in [-0.05, 0) is 43.2 Å². The molecule has 35 heavy (non-hydrogen) atoms. The first kappa shape index (κ1) is 26.0. The molecule has 0 saturated carbocycles. The molecule has 188 valence electrons. The molecular weight excluding hydrogens is 534 g/mol. The largest absolute Gasteiger partial charge is 0.465 e. The summed E-state index contributed by atoms with van der Waals surface area (Å²) in [7, 11) is -0.705. The Labute approximate surface area is 215 Å². The summed E-state index contributed by atoms with van der Waals surface area (Å²) in [5.41, 5.74) is 1.25. The Bertz CT molecular complexity index is 1420. The average Bonchev–Trinajstić information content (AvgIpc) is 3.45. The number of sulfonamides is 1. The summed E-state index contributed by atoms with van der Waals surface area (Å²) in [5.74, 6) is -1.10. The molecule has 1 amide bonds. The van der Waals surface area contributed by atoms with Crippen molar-refractivity contribution in [2.45, 2.75) is 23.6 Å². The molecule has 0 aliphatic carbocycles. The van der Waals surface area contributed by atoms with Crippen molar-refractivity contribution < 1.29 is 27.5 Å². The molecule has 0 unspecified atom stereocenters. The Morgan fingerprint density at radius 1 is 1.14 bits per heavy atom. The van der Waals surface area contributed by atoms with Crippen LogP contribution in [0.15, 0.2) is 39.5 Å². The summed E-state index contributed by atoms with van der Waals surface area (Å²) in [6.07, 6.45) is 0.770. The minimum absolute atomic E-state index is 0.202. The molecule has 0 N–H and O–H groups in total. The number of ether oxygens (including phenoxy) is 2. The Morgan fingerprint density at radius 2 is 1.89 bits per heavy atom. The van der Waals surface area contributed by atoms with Crippen molar-refractivity contribution >= 4 is 66.4 Å². The minimum atomic E-state index is -3.63. The fourth-order valence-electron chi connectivity index (χ4n) is 3.89. The van der Waals surface area contributed by atoms with Crippen molar-refractivity contribution in [3.05, 3.63) is 45.0 Å². The number of piperidine rings is 1. The Hall–Kier alpha value is -2.09. The SMILES string of the molecule is COCCn1c(=NC(=O)C2CCN(S(=O)(=O)c3ccc(Cl)s3)CC2)sc2cc(C(=O)OC)ccc21. The van der Waals surface area contributed by atoms with Crippen LogP contribution in [0.2, 0.25) is 4.34 Å². The highest BCUT2D eigenvalue weighted by atomic mass is 35.5. The summed E-state index contributed by atoms with van der Waals surface area (Å²) in [4.78, 5) is 29.9. The number of benzene rings is 1. The molecule has 3 aromatic rings. The van der Waals surface area contributed by atoms with Gasteiger partial charge in [0.1, 0.15) is 4.21 Å². The Balaban J connectivity index is 1.56. The molecule has 0 atom stereocenters. The molecule has 1 aliphatic rings. The highest BCUT2D eigenvalue weighted by molar-refractivity contribution is 7.91. The van der Waals surface area contributed by atoms with Crippen LogP contribution in [0.5, 0.6) is 0 Å². The number of thiazole rings is 1. The van der Waals surface area contributed by atoms with E-state index >= 15 is 0 Å². The van der Waals surface area contributed by atoms with E-state index in [1.165, 1.54) is 28.8 Å². The van der Waals surface area contributed by atoms with Gasteiger partial charge in [0, 0.05) is 32.7 Å². The van der Waals surface area contributed by atoms with Crippen LogP contribution in [0.1, 0.15) is 23.2 Å². The Morgan fingerprint density at radius 3 is 2.51 bits per heavy atom. The fraction of sp³-hybridized carbons (Fsp3) is 0.409. The summed E-state index contributed by atoms with van der Waals surface area (Å²) in [5, 5.41) is 0. The van der Waals surface area contributed by atoms with E-state index in [0.717, 1.165) is 21.6 Å². The number of halogens is 1. The number of hydrogen-bond donors (Lipinski definition) is 0. The van der Waals surface area contributed by atoms with Gasteiger partial charge < -0.3 is 14.0 Å². The zero-order chi connectivity index (χ0) is 25.2. The van der Waals surface area contributed by atoms with Gasteiger partial charge in [0.15, 0.2) is 4.80 Å². The maximum atomic E-state index is 13.1. The van der Waals surface area contributed by atoms with E-state index in [2.05, 4.69) is 4.99 Å². The number of aromatic nitrogens is 1. The maximum absolute atomic E-state index is 13.1. The normalized spacial score (nSPS) is 16.1. The highest BCUT2D eigenvalue weighted by Crippen LogP contribution is 2.31. The number of fused-ring (bicyclic) bond motifs is 1. The van der Waals surface area contributed by atoms with Crippen LogP contribution in [0.4, 0.5) is 0 Å². The van der Waals surface area contributed by atoms with E-state index in [1.807, 2.05) is 4.57 Å². The van der Waals surface area contributed by atoms with Crippen molar-refractivity contribution in [3.8, 4) is 0 Å². The fourth-order valence-corrected chi connectivity index (χ4v) is 8.10. The number of thiophene rings is 1. The monoisotopic (exact) mass is 557 g/mol. The number of rotatable bonds is 7. The summed E-state index contributed by atoms with van der Waals surface area (Å²) in [6, 6.07) is 8.26. The van der Waals surface area contributed by atoms with E-state index in [9.17, 15) is 18.0 Å².